The summed E-state index contributed by atoms with van der Waals surface area (Å²) < 4.78 is 25.1. The smallest absolute Gasteiger partial charge is 0.262 e. The van der Waals surface area contributed by atoms with Gasteiger partial charge < -0.3 is 10.7 Å². The monoisotopic (exact) mass is 204 g/mol. The van der Waals surface area contributed by atoms with Gasteiger partial charge in [-0.2, -0.15) is 0 Å². The van der Waals surface area contributed by atoms with Crippen molar-refractivity contribution in [2.75, 3.05) is 6.54 Å². The van der Waals surface area contributed by atoms with Crippen molar-refractivity contribution in [3.8, 4) is 0 Å². The van der Waals surface area contributed by atoms with E-state index < -0.39 is 5.92 Å². The first-order valence-corrected chi connectivity index (χ1v) is 4.61. The minimum atomic E-state index is -2.72. The molecule has 2 N–H and O–H groups in total. The Kier molecular flexibility index (Phi) is 4.74. The molecule has 0 fully saturated rings. The molecule has 0 saturated heterocycles. The summed E-state index contributed by atoms with van der Waals surface area (Å²) in [7, 11) is 0. The summed E-state index contributed by atoms with van der Waals surface area (Å²) in [6, 6.07) is 0. The third-order valence-corrected chi connectivity index (χ3v) is 1.60. The molecule has 0 aliphatic carbocycles. The highest BCUT2D eigenvalue weighted by atomic mass is 19.3. The van der Waals surface area contributed by atoms with Gasteiger partial charge in [0.05, 0.1) is 6.54 Å². The lowest BCUT2D eigenvalue weighted by Gasteiger charge is -2.17. The van der Waals surface area contributed by atoms with E-state index in [9.17, 15) is 8.78 Å². The second-order valence-corrected chi connectivity index (χ2v) is 3.86. The van der Waals surface area contributed by atoms with Crippen molar-refractivity contribution in [2.45, 2.75) is 33.6 Å². The molecule has 0 heterocycles. The van der Waals surface area contributed by atoms with E-state index in [1.807, 2.05) is 13.8 Å². The van der Waals surface area contributed by atoms with E-state index in [4.69, 9.17) is 5.41 Å². The topological polar surface area (TPSA) is 35.9 Å². The molecule has 4 heteroatoms. The molecule has 0 aromatic rings. The van der Waals surface area contributed by atoms with Crippen LogP contribution in [0.2, 0.25) is 0 Å². The number of alkyl halides is 2. The molecule has 0 aromatic carbocycles. The second-order valence-electron chi connectivity index (χ2n) is 3.86. The normalized spacial score (nSPS) is 13.2. The predicted molar refractivity (Wildman–Crippen MR) is 54.9 cm³/mol. The SMILES string of the molecule is CC(=N)/C=C(\NCC(C)(F)F)C(C)C. The Bertz CT molecular complexity index is 227. The van der Waals surface area contributed by atoms with Crippen molar-refractivity contribution in [2.24, 2.45) is 5.92 Å². The summed E-state index contributed by atoms with van der Waals surface area (Å²) in [6.45, 7) is 5.90. The molecule has 82 valence electrons. The van der Waals surface area contributed by atoms with Gasteiger partial charge in [0.15, 0.2) is 0 Å². The molecule has 0 bridgehead atoms. The summed E-state index contributed by atoms with van der Waals surface area (Å²) in [5.41, 5.74) is 1.04. The van der Waals surface area contributed by atoms with Crippen LogP contribution in [-0.4, -0.2) is 18.2 Å². The molecule has 0 amide bonds. The first kappa shape index (κ1) is 13.1. The highest BCUT2D eigenvalue weighted by molar-refractivity contribution is 5.90. The Balaban J connectivity index is 4.34. The van der Waals surface area contributed by atoms with Gasteiger partial charge in [-0.15, -0.1) is 0 Å². The highest BCUT2D eigenvalue weighted by Gasteiger charge is 2.21. The molecule has 2 nitrogen and oxygen atoms in total. The Hall–Kier alpha value is -0.930. The molecule has 0 aromatic heterocycles. The maximum absolute atomic E-state index is 12.5. The number of rotatable bonds is 5. The molecule has 0 aliphatic rings. The average molecular weight is 204 g/mol. The fraction of sp³-hybridized carbons (Fsp3) is 0.700. The molecule has 0 radical (unpaired) electrons. The van der Waals surface area contributed by atoms with Crippen LogP contribution in [0, 0.1) is 11.3 Å². The molecule has 0 atom stereocenters. The van der Waals surface area contributed by atoms with Gasteiger partial charge in [-0.3, -0.25) is 0 Å². The van der Waals surface area contributed by atoms with Crippen LogP contribution in [0.15, 0.2) is 11.8 Å². The molecule has 0 spiro atoms. The standard InChI is InChI=1S/C10H18F2N2/c1-7(2)9(5-8(3)13)14-6-10(4,11)12/h5,7,13-14H,6H2,1-4H3/b9-5-,13-8?. The van der Waals surface area contributed by atoms with Crippen LogP contribution < -0.4 is 5.32 Å². The van der Waals surface area contributed by atoms with E-state index in [-0.39, 0.29) is 12.5 Å². The molecule has 0 saturated carbocycles. The second kappa shape index (κ2) is 5.08. The number of nitrogens with one attached hydrogen (secondary N) is 2. The fourth-order valence-corrected chi connectivity index (χ4v) is 0.912. The Morgan fingerprint density at radius 3 is 2.29 bits per heavy atom. The quantitative estimate of drug-likeness (QED) is 0.664. The lowest BCUT2D eigenvalue weighted by atomic mass is 10.1. The van der Waals surface area contributed by atoms with Gasteiger partial charge in [-0.25, -0.2) is 8.78 Å². The van der Waals surface area contributed by atoms with Gasteiger partial charge >= 0.3 is 0 Å². The Morgan fingerprint density at radius 1 is 1.50 bits per heavy atom. The van der Waals surface area contributed by atoms with Crippen molar-refractivity contribution in [3.63, 3.8) is 0 Å². The van der Waals surface area contributed by atoms with Crippen LogP contribution in [0.5, 0.6) is 0 Å². The van der Waals surface area contributed by atoms with E-state index in [2.05, 4.69) is 5.32 Å². The van der Waals surface area contributed by atoms with Gasteiger partial charge in [0.1, 0.15) is 0 Å². The summed E-state index contributed by atoms with van der Waals surface area (Å²) in [5, 5.41) is 9.91. The van der Waals surface area contributed by atoms with E-state index in [0.717, 1.165) is 6.92 Å². The van der Waals surface area contributed by atoms with Crippen molar-refractivity contribution >= 4 is 5.71 Å². The minimum Gasteiger partial charge on any atom is -0.382 e. The summed E-state index contributed by atoms with van der Waals surface area (Å²) in [4.78, 5) is 0. The predicted octanol–water partition coefficient (Wildman–Crippen LogP) is 2.81. The van der Waals surface area contributed by atoms with Crippen LogP contribution >= 0.6 is 0 Å². The summed E-state index contributed by atoms with van der Waals surface area (Å²) in [5.74, 6) is -2.60. The van der Waals surface area contributed by atoms with Crippen molar-refractivity contribution in [3.05, 3.63) is 11.8 Å². The first-order valence-electron chi connectivity index (χ1n) is 4.61. The zero-order chi connectivity index (χ0) is 11.4. The third-order valence-electron chi connectivity index (χ3n) is 1.60. The third kappa shape index (κ3) is 6.57. The van der Waals surface area contributed by atoms with E-state index in [1.165, 1.54) is 0 Å². The van der Waals surface area contributed by atoms with Crippen LogP contribution in [0.25, 0.3) is 0 Å². The van der Waals surface area contributed by atoms with Gasteiger partial charge in [0.25, 0.3) is 5.92 Å². The Labute approximate surface area is 83.9 Å². The largest absolute Gasteiger partial charge is 0.382 e. The van der Waals surface area contributed by atoms with Crippen molar-refractivity contribution < 1.29 is 8.78 Å². The molecule has 0 rings (SSSR count). The maximum Gasteiger partial charge on any atom is 0.262 e. The number of hydrogen-bond donors (Lipinski definition) is 2. The van der Waals surface area contributed by atoms with E-state index in [1.54, 1.807) is 13.0 Å². The number of hydrogen-bond acceptors (Lipinski definition) is 2. The minimum absolute atomic E-state index is 0.123. The molecular formula is C10H18F2N2. The van der Waals surface area contributed by atoms with Crippen LogP contribution in [0.4, 0.5) is 8.78 Å². The van der Waals surface area contributed by atoms with Gasteiger partial charge in [-0.1, -0.05) is 13.8 Å². The van der Waals surface area contributed by atoms with Gasteiger partial charge in [0.2, 0.25) is 0 Å². The van der Waals surface area contributed by atoms with E-state index >= 15 is 0 Å². The summed E-state index contributed by atoms with van der Waals surface area (Å²) in [6.07, 6.45) is 1.58. The molecule has 0 unspecified atom stereocenters. The average Bonchev–Trinajstić information content (AvgIpc) is 1.94. The first-order chi connectivity index (χ1) is 6.22. The van der Waals surface area contributed by atoms with Gasteiger partial charge in [-0.05, 0) is 18.9 Å². The molecular weight excluding hydrogens is 186 g/mol. The van der Waals surface area contributed by atoms with E-state index in [0.29, 0.717) is 11.4 Å². The van der Waals surface area contributed by atoms with Crippen LogP contribution in [-0.2, 0) is 0 Å². The maximum atomic E-state index is 12.5. The number of allylic oxidation sites excluding steroid dienone is 2. The fourth-order valence-electron chi connectivity index (χ4n) is 0.912. The lowest BCUT2D eigenvalue weighted by Crippen LogP contribution is -2.31. The van der Waals surface area contributed by atoms with Gasteiger partial charge in [0, 0.05) is 18.3 Å². The zero-order valence-electron chi connectivity index (χ0n) is 9.12. The zero-order valence-corrected chi connectivity index (χ0v) is 9.12. The molecule has 0 aliphatic heterocycles. The van der Waals surface area contributed by atoms with Crippen molar-refractivity contribution in [1.29, 1.82) is 5.41 Å². The molecule has 14 heavy (non-hydrogen) atoms. The summed E-state index contributed by atoms with van der Waals surface area (Å²) >= 11 is 0. The number of halogens is 2. The lowest BCUT2D eigenvalue weighted by molar-refractivity contribution is 0.0246. The van der Waals surface area contributed by atoms with Crippen LogP contribution in [0.1, 0.15) is 27.7 Å². The highest BCUT2D eigenvalue weighted by Crippen LogP contribution is 2.12. The van der Waals surface area contributed by atoms with Crippen molar-refractivity contribution in [1.82, 2.24) is 5.32 Å². The van der Waals surface area contributed by atoms with Crippen LogP contribution in [0.3, 0.4) is 0 Å². The Morgan fingerprint density at radius 2 is 2.00 bits per heavy atom.